The molecule has 0 saturated carbocycles. The molecule has 0 aliphatic carbocycles. The largest absolute Gasteiger partial charge is 0.418 e. The molecule has 4 heterocycles. The number of alkyl halides is 3. The van der Waals surface area contributed by atoms with Crippen LogP contribution < -0.4 is 10.5 Å². The van der Waals surface area contributed by atoms with Gasteiger partial charge in [-0.3, -0.25) is 9.59 Å². The molecule has 1 aliphatic heterocycles. The molecule has 0 spiro atoms. The van der Waals surface area contributed by atoms with Crippen molar-refractivity contribution in [3.63, 3.8) is 0 Å². The van der Waals surface area contributed by atoms with E-state index in [1.54, 1.807) is 11.8 Å². The molecule has 1 atom stereocenters. The van der Waals surface area contributed by atoms with Crippen LogP contribution in [0.4, 0.5) is 23.5 Å². The highest BCUT2D eigenvalue weighted by atomic mass is 19.4. The first-order valence-corrected chi connectivity index (χ1v) is 10.9. The molecule has 4 rings (SSSR count). The zero-order valence-electron chi connectivity index (χ0n) is 18.8. The summed E-state index contributed by atoms with van der Waals surface area (Å²) in [5.74, 6) is -0.231. The van der Waals surface area contributed by atoms with Gasteiger partial charge in [0.15, 0.2) is 5.82 Å². The molecule has 14 heteroatoms. The second kappa shape index (κ2) is 9.98. The summed E-state index contributed by atoms with van der Waals surface area (Å²) in [5.41, 5.74) is -1.90. The van der Waals surface area contributed by atoms with Crippen LogP contribution >= 0.6 is 0 Å². The highest BCUT2D eigenvalue weighted by Gasteiger charge is 2.36. The number of halogens is 4. The quantitative estimate of drug-likeness (QED) is 0.393. The molecule has 10 nitrogen and oxygen atoms in total. The maximum Gasteiger partial charge on any atom is 0.418 e. The van der Waals surface area contributed by atoms with E-state index in [0.29, 0.717) is 32.1 Å². The van der Waals surface area contributed by atoms with E-state index in [1.807, 2.05) is 10.00 Å². The molecule has 0 bridgehead atoms. The minimum absolute atomic E-state index is 0.0385. The molecule has 1 unspecified atom stereocenters. The fraction of sp³-hybridized carbons (Fsp3) is 0.476. The Labute approximate surface area is 196 Å². The van der Waals surface area contributed by atoms with E-state index in [9.17, 15) is 27.2 Å². The van der Waals surface area contributed by atoms with Crippen molar-refractivity contribution in [2.45, 2.75) is 25.6 Å². The van der Waals surface area contributed by atoms with Gasteiger partial charge in [0.1, 0.15) is 0 Å². The highest BCUT2D eigenvalue weighted by molar-refractivity contribution is 5.83. The van der Waals surface area contributed by atoms with Crippen LogP contribution in [0.15, 0.2) is 29.6 Å². The van der Waals surface area contributed by atoms with E-state index >= 15 is 0 Å². The first kappa shape index (κ1) is 24.6. The van der Waals surface area contributed by atoms with Crippen molar-refractivity contribution in [2.24, 2.45) is 0 Å². The number of hydrogen-bond acceptors (Lipinski definition) is 7. The lowest BCUT2D eigenvalue weighted by Crippen LogP contribution is -2.49. The van der Waals surface area contributed by atoms with Gasteiger partial charge in [-0.25, -0.2) is 19.5 Å². The number of ether oxygens (including phenoxy) is 1. The molecule has 188 valence electrons. The van der Waals surface area contributed by atoms with Gasteiger partial charge >= 0.3 is 6.18 Å². The normalized spacial score (nSPS) is 15.6. The molecule has 1 amide bonds. The zero-order valence-corrected chi connectivity index (χ0v) is 18.8. The van der Waals surface area contributed by atoms with Crippen molar-refractivity contribution in [1.29, 1.82) is 0 Å². The summed E-state index contributed by atoms with van der Waals surface area (Å²) in [7, 11) is 0. The molecule has 1 fully saturated rings. The molecule has 1 N–H and O–H groups in total. The third kappa shape index (κ3) is 5.42. The first-order valence-electron chi connectivity index (χ1n) is 10.9. The van der Waals surface area contributed by atoms with Gasteiger partial charge < -0.3 is 19.1 Å². The van der Waals surface area contributed by atoms with E-state index in [2.05, 4.69) is 15.1 Å². The summed E-state index contributed by atoms with van der Waals surface area (Å²) in [6.07, 6.45) is -0.354. The summed E-state index contributed by atoms with van der Waals surface area (Å²) in [6, 6.07) is -0.536. The molecule has 1 aliphatic rings. The van der Waals surface area contributed by atoms with Gasteiger partial charge in [-0.1, -0.05) is 0 Å². The van der Waals surface area contributed by atoms with Gasteiger partial charge in [-0.2, -0.15) is 18.3 Å². The highest BCUT2D eigenvalue weighted by Crippen LogP contribution is 2.35. The summed E-state index contributed by atoms with van der Waals surface area (Å²) in [4.78, 5) is 35.9. The van der Waals surface area contributed by atoms with Gasteiger partial charge in [-0.15, -0.1) is 0 Å². The number of anilines is 1. The lowest BCUT2D eigenvalue weighted by Gasteiger charge is -2.34. The maximum absolute atomic E-state index is 13.4. The predicted molar refractivity (Wildman–Crippen MR) is 116 cm³/mol. The van der Waals surface area contributed by atoms with E-state index in [4.69, 9.17) is 4.74 Å². The first-order chi connectivity index (χ1) is 16.6. The summed E-state index contributed by atoms with van der Waals surface area (Å²) >= 11 is 0. The second-order valence-corrected chi connectivity index (χ2v) is 8.15. The molecule has 35 heavy (non-hydrogen) atoms. The number of H-pyrrole nitrogens is 1. The number of fused-ring (bicyclic) bond motifs is 1. The number of nitrogens with zero attached hydrogens (tertiary/aromatic N) is 6. The minimum atomic E-state index is -4.70. The van der Waals surface area contributed by atoms with Crippen molar-refractivity contribution < 1.29 is 27.1 Å². The number of aromatic nitrogens is 5. The second-order valence-electron chi connectivity index (χ2n) is 8.15. The van der Waals surface area contributed by atoms with Crippen LogP contribution in [0.5, 0.6) is 0 Å². The SMILES string of the molecule is CC(COCCC(=O)N1CCN(c2ncc(F)cn2)CC1)n1cc(C(F)(F)F)c2c(=O)[nH]ncc21. The fourth-order valence-electron chi connectivity index (χ4n) is 3.97. The Morgan fingerprint density at radius 3 is 2.51 bits per heavy atom. The number of carbonyl (C=O) groups is 1. The Hall–Kier alpha value is -3.55. The average Bonchev–Trinajstić information content (AvgIpc) is 3.24. The van der Waals surface area contributed by atoms with E-state index in [0.717, 1.165) is 18.6 Å². The lowest BCUT2D eigenvalue weighted by atomic mass is 10.2. The number of amides is 1. The Morgan fingerprint density at radius 2 is 1.86 bits per heavy atom. The van der Waals surface area contributed by atoms with Gasteiger partial charge in [0.25, 0.3) is 5.56 Å². The van der Waals surface area contributed by atoms with Crippen LogP contribution in [0.2, 0.25) is 0 Å². The van der Waals surface area contributed by atoms with E-state index in [-0.39, 0.29) is 31.1 Å². The van der Waals surface area contributed by atoms with Crippen LogP contribution in [0.1, 0.15) is 24.9 Å². The third-order valence-electron chi connectivity index (χ3n) is 5.77. The summed E-state index contributed by atoms with van der Waals surface area (Å²) in [5, 5.41) is 5.17. The minimum Gasteiger partial charge on any atom is -0.379 e. The maximum atomic E-state index is 13.4. The van der Waals surface area contributed by atoms with Crippen molar-refractivity contribution >= 4 is 22.8 Å². The van der Waals surface area contributed by atoms with Gasteiger partial charge in [0, 0.05) is 32.4 Å². The molecule has 3 aromatic rings. The Kier molecular flexibility index (Phi) is 7.00. The van der Waals surface area contributed by atoms with Crippen molar-refractivity contribution in [3.05, 3.63) is 46.5 Å². The number of aromatic amines is 1. The smallest absolute Gasteiger partial charge is 0.379 e. The predicted octanol–water partition coefficient (Wildman–Crippen LogP) is 1.99. The molecular weight excluding hydrogens is 474 g/mol. The molecule has 1 saturated heterocycles. The number of rotatable bonds is 7. The Morgan fingerprint density at radius 1 is 1.17 bits per heavy atom. The van der Waals surface area contributed by atoms with Crippen LogP contribution in [-0.4, -0.2) is 74.9 Å². The van der Waals surface area contributed by atoms with Gasteiger partial charge in [-0.05, 0) is 6.92 Å². The Bertz CT molecular complexity index is 1230. The average molecular weight is 497 g/mol. The molecule has 0 aromatic carbocycles. The topological polar surface area (TPSA) is 109 Å². The van der Waals surface area contributed by atoms with Crippen LogP contribution in [-0.2, 0) is 15.7 Å². The van der Waals surface area contributed by atoms with Crippen molar-refractivity contribution in [1.82, 2.24) is 29.6 Å². The Balaban J connectivity index is 1.28. The monoisotopic (exact) mass is 497 g/mol. The summed E-state index contributed by atoms with van der Waals surface area (Å²) < 4.78 is 60.0. The number of piperazine rings is 1. The molecule has 3 aromatic heterocycles. The van der Waals surface area contributed by atoms with Crippen LogP contribution in [0, 0.1) is 5.82 Å². The molecular formula is C21H23F4N7O3. The number of carbonyl (C=O) groups excluding carboxylic acids is 1. The van der Waals surface area contributed by atoms with Gasteiger partial charge in [0.05, 0.1) is 60.7 Å². The standard InChI is InChI=1S/C21H23F4N7O3/c1-13(32-11-15(21(23,24)25)18-16(32)10-28-29-19(18)34)12-35-7-2-17(33)30-3-5-31(6-4-30)20-26-8-14(22)9-27-20/h8-11,13H,2-7,12H2,1H3,(H,29,34). The lowest BCUT2D eigenvalue weighted by molar-refractivity contribution is -0.136. The number of nitrogens with one attached hydrogen (secondary N) is 1. The molecule has 0 radical (unpaired) electrons. The van der Waals surface area contributed by atoms with Gasteiger partial charge in [0.2, 0.25) is 11.9 Å². The number of hydrogen-bond donors (Lipinski definition) is 1. The van der Waals surface area contributed by atoms with Crippen molar-refractivity contribution in [2.75, 3.05) is 44.3 Å². The van der Waals surface area contributed by atoms with Crippen LogP contribution in [0.25, 0.3) is 10.9 Å². The van der Waals surface area contributed by atoms with Crippen LogP contribution in [0.3, 0.4) is 0 Å². The third-order valence-corrected chi connectivity index (χ3v) is 5.77. The van der Waals surface area contributed by atoms with Crippen molar-refractivity contribution in [3.8, 4) is 0 Å². The fourth-order valence-corrected chi connectivity index (χ4v) is 3.97. The summed E-state index contributed by atoms with van der Waals surface area (Å²) in [6.45, 7) is 3.69. The van der Waals surface area contributed by atoms with E-state index < -0.39 is 34.5 Å². The zero-order chi connectivity index (χ0) is 25.2. The van der Waals surface area contributed by atoms with E-state index in [1.165, 1.54) is 10.8 Å².